The molecule has 1 heterocycles. The van der Waals surface area contributed by atoms with E-state index in [0.29, 0.717) is 6.04 Å². The molecule has 1 saturated heterocycles. The summed E-state index contributed by atoms with van der Waals surface area (Å²) in [6.07, 6.45) is 1.90. The molecule has 1 unspecified atom stereocenters. The van der Waals surface area contributed by atoms with Gasteiger partial charge in [0.2, 0.25) is 0 Å². The Bertz CT molecular complexity index is 422. The van der Waals surface area contributed by atoms with Gasteiger partial charge in [-0.15, -0.1) is 0 Å². The van der Waals surface area contributed by atoms with Crippen molar-refractivity contribution < 1.29 is 5.11 Å². The number of halogens is 1. The van der Waals surface area contributed by atoms with Gasteiger partial charge in [0.1, 0.15) is 0 Å². The van der Waals surface area contributed by atoms with Gasteiger partial charge >= 0.3 is 0 Å². The SMILES string of the molecule is CC1(C)CCNC(CCO)CN1c1cccc(Br)c1. The molecule has 0 aromatic heterocycles. The predicted molar refractivity (Wildman–Crippen MR) is 83.7 cm³/mol. The molecule has 0 saturated carbocycles. The van der Waals surface area contributed by atoms with Gasteiger partial charge in [-0.05, 0) is 51.4 Å². The van der Waals surface area contributed by atoms with E-state index in [0.717, 1.165) is 30.4 Å². The Balaban J connectivity index is 2.26. The van der Waals surface area contributed by atoms with Crippen LogP contribution in [0.2, 0.25) is 0 Å². The van der Waals surface area contributed by atoms with Crippen molar-refractivity contribution in [2.75, 3.05) is 24.6 Å². The molecule has 1 fully saturated rings. The van der Waals surface area contributed by atoms with Crippen molar-refractivity contribution in [1.29, 1.82) is 0 Å². The highest BCUT2D eigenvalue weighted by Gasteiger charge is 2.31. The topological polar surface area (TPSA) is 35.5 Å². The van der Waals surface area contributed by atoms with E-state index in [4.69, 9.17) is 0 Å². The molecule has 0 amide bonds. The molecule has 0 spiro atoms. The number of hydrogen-bond donors (Lipinski definition) is 2. The fourth-order valence-corrected chi connectivity index (χ4v) is 3.08. The normalized spacial score (nSPS) is 23.2. The summed E-state index contributed by atoms with van der Waals surface area (Å²) >= 11 is 3.55. The quantitative estimate of drug-likeness (QED) is 0.896. The van der Waals surface area contributed by atoms with Crippen LogP contribution in [0.1, 0.15) is 26.7 Å². The minimum Gasteiger partial charge on any atom is -0.396 e. The van der Waals surface area contributed by atoms with Crippen molar-refractivity contribution in [2.24, 2.45) is 0 Å². The van der Waals surface area contributed by atoms with Gasteiger partial charge in [0.25, 0.3) is 0 Å². The second-order valence-corrected chi connectivity index (χ2v) is 6.73. The highest BCUT2D eigenvalue weighted by Crippen LogP contribution is 2.30. The zero-order chi connectivity index (χ0) is 13.9. The molecule has 0 bridgehead atoms. The molecule has 4 heteroatoms. The van der Waals surface area contributed by atoms with Crippen molar-refractivity contribution in [3.8, 4) is 0 Å². The average molecular weight is 327 g/mol. The van der Waals surface area contributed by atoms with Crippen LogP contribution >= 0.6 is 15.9 Å². The van der Waals surface area contributed by atoms with Crippen molar-refractivity contribution in [3.63, 3.8) is 0 Å². The van der Waals surface area contributed by atoms with Crippen LogP contribution in [0.5, 0.6) is 0 Å². The summed E-state index contributed by atoms with van der Waals surface area (Å²) in [5, 5.41) is 12.7. The van der Waals surface area contributed by atoms with E-state index in [-0.39, 0.29) is 12.1 Å². The molecule has 0 aliphatic carbocycles. The summed E-state index contributed by atoms with van der Waals surface area (Å²) in [5.41, 5.74) is 1.36. The Morgan fingerprint density at radius 2 is 2.26 bits per heavy atom. The van der Waals surface area contributed by atoms with E-state index in [9.17, 15) is 5.11 Å². The minimum absolute atomic E-state index is 0.123. The van der Waals surface area contributed by atoms with Gasteiger partial charge in [-0.1, -0.05) is 22.0 Å². The molecule has 2 rings (SSSR count). The van der Waals surface area contributed by atoms with E-state index in [1.54, 1.807) is 0 Å². The van der Waals surface area contributed by atoms with Crippen molar-refractivity contribution in [1.82, 2.24) is 5.32 Å². The van der Waals surface area contributed by atoms with E-state index in [1.165, 1.54) is 5.69 Å². The first kappa shape index (κ1) is 14.8. The molecular weight excluding hydrogens is 304 g/mol. The van der Waals surface area contributed by atoms with Gasteiger partial charge < -0.3 is 15.3 Å². The number of benzene rings is 1. The standard InChI is InChI=1S/C15H23BrN2O/c1-15(2)7-8-17-13(6-9-19)11-18(15)14-5-3-4-12(16)10-14/h3-5,10,13,17,19H,6-9,11H2,1-2H3. The number of aliphatic hydroxyl groups is 1. The van der Waals surface area contributed by atoms with E-state index in [1.807, 2.05) is 0 Å². The molecule has 1 aliphatic heterocycles. The van der Waals surface area contributed by atoms with Crippen LogP contribution in [0.15, 0.2) is 28.7 Å². The number of anilines is 1. The molecule has 1 aromatic carbocycles. The maximum absolute atomic E-state index is 9.18. The van der Waals surface area contributed by atoms with Gasteiger partial charge in [-0.3, -0.25) is 0 Å². The average Bonchev–Trinajstić information content (AvgIpc) is 2.49. The fraction of sp³-hybridized carbons (Fsp3) is 0.600. The second kappa shape index (κ2) is 6.25. The van der Waals surface area contributed by atoms with Crippen LogP contribution in [-0.2, 0) is 0 Å². The molecule has 1 aliphatic rings. The number of nitrogens with zero attached hydrogens (tertiary/aromatic N) is 1. The smallest absolute Gasteiger partial charge is 0.0446 e. The lowest BCUT2D eigenvalue weighted by Crippen LogP contribution is -2.47. The molecular formula is C15H23BrN2O. The first-order valence-corrected chi connectivity index (χ1v) is 7.70. The van der Waals surface area contributed by atoms with E-state index < -0.39 is 0 Å². The molecule has 19 heavy (non-hydrogen) atoms. The van der Waals surface area contributed by atoms with Gasteiger partial charge in [0.15, 0.2) is 0 Å². The zero-order valence-electron chi connectivity index (χ0n) is 11.7. The summed E-state index contributed by atoms with van der Waals surface area (Å²) in [7, 11) is 0. The number of rotatable bonds is 3. The summed E-state index contributed by atoms with van der Waals surface area (Å²) in [5.74, 6) is 0. The monoisotopic (exact) mass is 326 g/mol. The highest BCUT2D eigenvalue weighted by molar-refractivity contribution is 9.10. The number of nitrogens with one attached hydrogen (secondary N) is 1. The fourth-order valence-electron chi connectivity index (χ4n) is 2.70. The predicted octanol–water partition coefficient (Wildman–Crippen LogP) is 2.78. The zero-order valence-corrected chi connectivity index (χ0v) is 13.3. The molecule has 1 aromatic rings. The number of hydrogen-bond acceptors (Lipinski definition) is 3. The Labute approximate surface area is 124 Å². The Morgan fingerprint density at radius 3 is 2.95 bits per heavy atom. The first-order valence-electron chi connectivity index (χ1n) is 6.90. The lowest BCUT2D eigenvalue weighted by Gasteiger charge is -2.40. The van der Waals surface area contributed by atoms with Crippen LogP contribution in [0.25, 0.3) is 0 Å². The summed E-state index contributed by atoms with van der Waals surface area (Å²) in [6, 6.07) is 8.81. The van der Waals surface area contributed by atoms with Crippen LogP contribution in [0.3, 0.4) is 0 Å². The highest BCUT2D eigenvalue weighted by atomic mass is 79.9. The van der Waals surface area contributed by atoms with E-state index >= 15 is 0 Å². The molecule has 1 atom stereocenters. The number of aliphatic hydroxyl groups excluding tert-OH is 1. The van der Waals surface area contributed by atoms with Gasteiger partial charge in [0.05, 0.1) is 0 Å². The lowest BCUT2D eigenvalue weighted by atomic mass is 9.97. The van der Waals surface area contributed by atoms with Crippen molar-refractivity contribution >= 4 is 21.6 Å². The largest absolute Gasteiger partial charge is 0.396 e. The molecule has 0 radical (unpaired) electrons. The molecule has 106 valence electrons. The summed E-state index contributed by atoms with van der Waals surface area (Å²) in [6.45, 7) is 6.75. The van der Waals surface area contributed by atoms with Crippen molar-refractivity contribution in [2.45, 2.75) is 38.3 Å². The third-order valence-electron chi connectivity index (χ3n) is 3.90. The van der Waals surface area contributed by atoms with Gasteiger partial charge in [-0.2, -0.15) is 0 Å². The van der Waals surface area contributed by atoms with Crippen LogP contribution in [0.4, 0.5) is 5.69 Å². The maximum Gasteiger partial charge on any atom is 0.0446 e. The molecule has 2 N–H and O–H groups in total. The Hall–Kier alpha value is -0.580. The summed E-state index contributed by atoms with van der Waals surface area (Å²) < 4.78 is 1.11. The van der Waals surface area contributed by atoms with Crippen LogP contribution in [-0.4, -0.2) is 36.4 Å². The maximum atomic E-state index is 9.18. The Kier molecular flexibility index (Phi) is 4.87. The van der Waals surface area contributed by atoms with Gasteiger partial charge in [-0.25, -0.2) is 0 Å². The third kappa shape index (κ3) is 3.71. The first-order chi connectivity index (χ1) is 9.03. The molecule has 3 nitrogen and oxygen atoms in total. The van der Waals surface area contributed by atoms with E-state index in [2.05, 4.69) is 64.3 Å². The second-order valence-electron chi connectivity index (χ2n) is 5.82. The van der Waals surface area contributed by atoms with Crippen LogP contribution < -0.4 is 10.2 Å². The van der Waals surface area contributed by atoms with Crippen LogP contribution in [0, 0.1) is 0 Å². The van der Waals surface area contributed by atoms with Crippen molar-refractivity contribution in [3.05, 3.63) is 28.7 Å². The summed E-state index contributed by atoms with van der Waals surface area (Å²) in [4.78, 5) is 2.46. The Morgan fingerprint density at radius 1 is 1.47 bits per heavy atom. The third-order valence-corrected chi connectivity index (χ3v) is 4.39. The lowest BCUT2D eigenvalue weighted by molar-refractivity contribution is 0.267. The van der Waals surface area contributed by atoms with Gasteiger partial charge in [0, 0.05) is 34.9 Å². The minimum atomic E-state index is 0.123.